The summed E-state index contributed by atoms with van der Waals surface area (Å²) in [5.74, 6) is 2.79. The highest BCUT2D eigenvalue weighted by Gasteiger charge is 2.23. The van der Waals surface area contributed by atoms with Crippen molar-refractivity contribution >= 4 is 0 Å². The second-order valence-electron chi connectivity index (χ2n) is 5.38. The van der Waals surface area contributed by atoms with E-state index in [1.54, 1.807) is 0 Å². The van der Waals surface area contributed by atoms with Crippen LogP contribution in [-0.4, -0.2) is 38.8 Å². The minimum absolute atomic E-state index is 0.327. The molecule has 0 aromatic carbocycles. The lowest BCUT2D eigenvalue weighted by Crippen LogP contribution is -2.39. The smallest absolute Gasteiger partial charge is 0.147 e. The van der Waals surface area contributed by atoms with E-state index in [1.807, 2.05) is 6.92 Å². The van der Waals surface area contributed by atoms with Gasteiger partial charge in [-0.3, -0.25) is 4.90 Å². The molecule has 1 aromatic rings. The molecule has 1 unspecified atom stereocenters. The van der Waals surface area contributed by atoms with Crippen molar-refractivity contribution in [2.24, 2.45) is 11.7 Å². The maximum absolute atomic E-state index is 5.97. The molecule has 1 aromatic heterocycles. The molecule has 0 amide bonds. The summed E-state index contributed by atoms with van der Waals surface area (Å²) in [4.78, 5) is 2.47. The first-order valence-corrected chi connectivity index (χ1v) is 6.98. The minimum Gasteiger partial charge on any atom is -0.328 e. The number of aromatic nitrogens is 3. The summed E-state index contributed by atoms with van der Waals surface area (Å²) in [6.45, 7) is 10.4. The average molecular weight is 251 g/mol. The lowest BCUT2D eigenvalue weighted by atomic mass is 9.91. The van der Waals surface area contributed by atoms with E-state index in [-0.39, 0.29) is 0 Å². The predicted octanol–water partition coefficient (Wildman–Crippen LogP) is 1.17. The first-order chi connectivity index (χ1) is 8.61. The molecule has 2 rings (SSSR count). The zero-order chi connectivity index (χ0) is 13.1. The number of hydrogen-bond donors (Lipinski definition) is 1. The Bertz CT molecular complexity index is 377. The molecule has 0 spiro atoms. The van der Waals surface area contributed by atoms with Crippen LogP contribution < -0.4 is 5.73 Å². The summed E-state index contributed by atoms with van der Waals surface area (Å²) in [6, 6.07) is 0.327. The molecule has 0 bridgehead atoms. The van der Waals surface area contributed by atoms with E-state index in [2.05, 4.69) is 33.5 Å². The van der Waals surface area contributed by atoms with Gasteiger partial charge in [0, 0.05) is 12.6 Å². The maximum Gasteiger partial charge on any atom is 0.147 e. The Hall–Kier alpha value is -0.940. The van der Waals surface area contributed by atoms with Gasteiger partial charge in [-0.05, 0) is 52.6 Å². The molecule has 5 nitrogen and oxygen atoms in total. The van der Waals surface area contributed by atoms with E-state index in [1.165, 1.54) is 12.8 Å². The van der Waals surface area contributed by atoms with Crippen LogP contribution in [0.5, 0.6) is 0 Å². The number of hydrogen-bond acceptors (Lipinski definition) is 4. The Labute approximate surface area is 109 Å². The molecule has 2 heterocycles. The van der Waals surface area contributed by atoms with Crippen molar-refractivity contribution in [3.8, 4) is 0 Å². The van der Waals surface area contributed by atoms with Crippen LogP contribution in [-0.2, 0) is 13.1 Å². The van der Waals surface area contributed by atoms with Crippen LogP contribution in [0.15, 0.2) is 0 Å². The largest absolute Gasteiger partial charge is 0.328 e. The fourth-order valence-corrected chi connectivity index (χ4v) is 2.79. The van der Waals surface area contributed by atoms with Gasteiger partial charge in [-0.2, -0.15) is 0 Å². The zero-order valence-electron chi connectivity index (χ0n) is 11.8. The Balaban J connectivity index is 1.91. The van der Waals surface area contributed by atoms with Gasteiger partial charge in [0.25, 0.3) is 0 Å². The molecule has 1 saturated heterocycles. The third kappa shape index (κ3) is 2.90. The van der Waals surface area contributed by atoms with E-state index >= 15 is 0 Å². The fourth-order valence-electron chi connectivity index (χ4n) is 2.79. The first kappa shape index (κ1) is 13.5. The Morgan fingerprint density at radius 3 is 2.56 bits per heavy atom. The number of nitrogens with zero attached hydrogens (tertiary/aromatic N) is 4. The van der Waals surface area contributed by atoms with Crippen molar-refractivity contribution in [1.29, 1.82) is 0 Å². The second-order valence-corrected chi connectivity index (χ2v) is 5.38. The summed E-state index contributed by atoms with van der Waals surface area (Å²) in [6.07, 6.45) is 2.41. The van der Waals surface area contributed by atoms with Crippen LogP contribution in [0.3, 0.4) is 0 Å². The van der Waals surface area contributed by atoms with E-state index in [9.17, 15) is 0 Å². The standard InChI is InChI=1S/C13H25N5/c1-4-18-11(3)15-16-13(18)9-17-7-5-12(6-8-17)10(2)14/h10,12H,4-9,14H2,1-3H3. The molecule has 2 N–H and O–H groups in total. The highest BCUT2D eigenvalue weighted by atomic mass is 15.3. The topological polar surface area (TPSA) is 60.0 Å². The van der Waals surface area contributed by atoms with Crippen molar-refractivity contribution in [3.05, 3.63) is 11.6 Å². The quantitative estimate of drug-likeness (QED) is 0.872. The van der Waals surface area contributed by atoms with Crippen molar-refractivity contribution in [3.63, 3.8) is 0 Å². The summed E-state index contributed by atoms with van der Waals surface area (Å²) in [5.41, 5.74) is 5.97. The highest BCUT2D eigenvalue weighted by Crippen LogP contribution is 2.20. The molecule has 1 fully saturated rings. The van der Waals surface area contributed by atoms with Crippen molar-refractivity contribution in [2.45, 2.75) is 52.7 Å². The van der Waals surface area contributed by atoms with Crippen LogP contribution in [0.1, 0.15) is 38.3 Å². The summed E-state index contributed by atoms with van der Waals surface area (Å²) in [5, 5.41) is 8.44. The second kappa shape index (κ2) is 5.80. The van der Waals surface area contributed by atoms with Gasteiger partial charge in [-0.15, -0.1) is 10.2 Å². The number of nitrogens with two attached hydrogens (primary N) is 1. The third-order valence-electron chi connectivity index (χ3n) is 4.07. The molecule has 0 saturated carbocycles. The van der Waals surface area contributed by atoms with Gasteiger partial charge in [0.05, 0.1) is 6.54 Å². The molecule has 1 aliphatic rings. The number of likely N-dealkylation sites (tertiary alicyclic amines) is 1. The average Bonchev–Trinajstić information content (AvgIpc) is 2.70. The number of piperidine rings is 1. The summed E-state index contributed by atoms with van der Waals surface area (Å²) >= 11 is 0. The molecule has 18 heavy (non-hydrogen) atoms. The minimum atomic E-state index is 0.327. The van der Waals surface area contributed by atoms with E-state index in [4.69, 9.17) is 5.73 Å². The van der Waals surface area contributed by atoms with Gasteiger partial charge in [-0.1, -0.05) is 0 Å². The van der Waals surface area contributed by atoms with Crippen molar-refractivity contribution in [2.75, 3.05) is 13.1 Å². The molecule has 0 aliphatic carbocycles. The Kier molecular flexibility index (Phi) is 4.35. The molecular formula is C13H25N5. The highest BCUT2D eigenvalue weighted by molar-refractivity contribution is 4.94. The van der Waals surface area contributed by atoms with Gasteiger partial charge in [-0.25, -0.2) is 0 Å². The molecule has 1 atom stereocenters. The Morgan fingerprint density at radius 2 is 2.00 bits per heavy atom. The fraction of sp³-hybridized carbons (Fsp3) is 0.846. The summed E-state index contributed by atoms with van der Waals surface area (Å²) in [7, 11) is 0. The van der Waals surface area contributed by atoms with Crippen LogP contribution in [0.2, 0.25) is 0 Å². The Morgan fingerprint density at radius 1 is 1.33 bits per heavy atom. The first-order valence-electron chi connectivity index (χ1n) is 6.98. The molecule has 1 aliphatic heterocycles. The maximum atomic E-state index is 5.97. The normalized spacial score (nSPS) is 20.2. The van der Waals surface area contributed by atoms with E-state index in [0.717, 1.165) is 37.8 Å². The molecule has 0 radical (unpaired) electrons. The molecule has 102 valence electrons. The number of rotatable bonds is 4. The van der Waals surface area contributed by atoms with Gasteiger partial charge in [0.15, 0.2) is 0 Å². The lowest BCUT2D eigenvalue weighted by molar-refractivity contribution is 0.161. The van der Waals surface area contributed by atoms with Crippen molar-refractivity contribution in [1.82, 2.24) is 19.7 Å². The number of aryl methyl sites for hydroxylation is 1. The van der Waals surface area contributed by atoms with Crippen LogP contribution in [0.25, 0.3) is 0 Å². The third-order valence-corrected chi connectivity index (χ3v) is 4.07. The zero-order valence-corrected chi connectivity index (χ0v) is 11.8. The van der Waals surface area contributed by atoms with E-state index in [0.29, 0.717) is 12.0 Å². The van der Waals surface area contributed by atoms with Crippen molar-refractivity contribution < 1.29 is 0 Å². The lowest BCUT2D eigenvalue weighted by Gasteiger charge is -2.33. The SMILES string of the molecule is CCn1c(C)nnc1CN1CCC(C(C)N)CC1. The predicted molar refractivity (Wildman–Crippen MR) is 72.1 cm³/mol. The van der Waals surface area contributed by atoms with Crippen LogP contribution in [0.4, 0.5) is 0 Å². The van der Waals surface area contributed by atoms with Gasteiger partial charge in [0.2, 0.25) is 0 Å². The molecular weight excluding hydrogens is 226 g/mol. The van der Waals surface area contributed by atoms with E-state index < -0.39 is 0 Å². The summed E-state index contributed by atoms with van der Waals surface area (Å²) < 4.78 is 2.19. The van der Waals surface area contributed by atoms with Gasteiger partial charge >= 0.3 is 0 Å². The monoisotopic (exact) mass is 251 g/mol. The van der Waals surface area contributed by atoms with Gasteiger partial charge < -0.3 is 10.3 Å². The van der Waals surface area contributed by atoms with Crippen LogP contribution in [0, 0.1) is 12.8 Å². The molecule has 5 heteroatoms. The van der Waals surface area contributed by atoms with Gasteiger partial charge in [0.1, 0.15) is 11.6 Å². The van der Waals surface area contributed by atoms with Crippen LogP contribution >= 0.6 is 0 Å².